The number of hydrogen-bond acceptors (Lipinski definition) is 7. The van der Waals surface area contributed by atoms with Gasteiger partial charge in [-0.15, -0.1) is 0 Å². The lowest BCUT2D eigenvalue weighted by Crippen LogP contribution is -2.33. The van der Waals surface area contributed by atoms with Gasteiger partial charge in [-0.1, -0.05) is 18.2 Å². The minimum Gasteiger partial charge on any atom is -0.497 e. The number of carbonyl (C=O) groups is 1. The van der Waals surface area contributed by atoms with E-state index in [0.717, 1.165) is 0 Å². The summed E-state index contributed by atoms with van der Waals surface area (Å²) in [5.41, 5.74) is 0.845. The summed E-state index contributed by atoms with van der Waals surface area (Å²) in [5.74, 6) is 0.459. The Hall–Kier alpha value is -3.56. The summed E-state index contributed by atoms with van der Waals surface area (Å²) in [7, 11) is -3.21. The second kappa shape index (κ2) is 6.22. The maximum absolute atomic E-state index is 12.7. The summed E-state index contributed by atoms with van der Waals surface area (Å²) < 4.78 is 53.0. The van der Waals surface area contributed by atoms with Crippen molar-refractivity contribution >= 4 is 16.4 Å². The number of ether oxygens (including phenoxy) is 3. The average molecular weight is 426 g/mol. The minimum atomic E-state index is -4.72. The molecular formula is C21H14O8S. The topological polar surface area (TPSA) is 108 Å². The first kappa shape index (κ1) is 18.5. The van der Waals surface area contributed by atoms with Crippen LogP contribution in [-0.2, 0) is 20.7 Å². The molecule has 2 heterocycles. The Morgan fingerprint density at radius 2 is 1.53 bits per heavy atom. The molecule has 3 aromatic rings. The van der Waals surface area contributed by atoms with Crippen molar-refractivity contribution in [2.75, 3.05) is 7.11 Å². The highest BCUT2D eigenvalue weighted by atomic mass is 32.3. The van der Waals surface area contributed by atoms with Crippen LogP contribution in [0.2, 0.25) is 0 Å². The number of benzene rings is 3. The molecule has 2 aliphatic rings. The van der Waals surface area contributed by atoms with Crippen LogP contribution in [0.3, 0.4) is 0 Å². The number of carbonyl (C=O) groups excluding carboxylic acids is 1. The first-order valence-electron chi connectivity index (χ1n) is 8.82. The molecule has 0 saturated carbocycles. The van der Waals surface area contributed by atoms with Crippen molar-refractivity contribution in [2.24, 2.45) is 0 Å². The van der Waals surface area contributed by atoms with Crippen LogP contribution in [0.1, 0.15) is 27.0 Å². The van der Waals surface area contributed by atoms with E-state index in [4.69, 9.17) is 18.8 Å². The zero-order valence-corrected chi connectivity index (χ0v) is 16.3. The molecular weight excluding hydrogens is 412 g/mol. The zero-order valence-electron chi connectivity index (χ0n) is 15.5. The van der Waals surface area contributed by atoms with Crippen LogP contribution in [0.15, 0.2) is 60.7 Å². The molecule has 1 unspecified atom stereocenters. The lowest BCUT2D eigenvalue weighted by molar-refractivity contribution is 0.0224. The number of esters is 1. The van der Waals surface area contributed by atoms with Crippen molar-refractivity contribution in [3.63, 3.8) is 0 Å². The molecule has 0 aromatic heterocycles. The fourth-order valence-electron chi connectivity index (χ4n) is 3.94. The fraction of sp³-hybridized carbons (Fsp3) is 0.0952. The van der Waals surface area contributed by atoms with Crippen LogP contribution in [0.5, 0.6) is 23.0 Å². The summed E-state index contributed by atoms with van der Waals surface area (Å²) in [5, 5.41) is 0. The molecule has 1 spiro atoms. The number of hydrogen-bond donors (Lipinski definition) is 1. The van der Waals surface area contributed by atoms with Gasteiger partial charge in [-0.3, -0.25) is 4.55 Å². The normalized spacial score (nSPS) is 18.7. The second-order valence-electron chi connectivity index (χ2n) is 6.75. The van der Waals surface area contributed by atoms with Crippen molar-refractivity contribution in [1.29, 1.82) is 0 Å². The van der Waals surface area contributed by atoms with E-state index < -0.39 is 22.0 Å². The SMILES string of the molecule is COc1ccc2c(c1)Oc1cc(OS(=O)(=O)O)ccc1C21OC(=O)c2ccccc21. The van der Waals surface area contributed by atoms with E-state index in [-0.39, 0.29) is 11.5 Å². The third-order valence-corrected chi connectivity index (χ3v) is 5.50. The summed E-state index contributed by atoms with van der Waals surface area (Å²) in [6, 6.07) is 16.4. The van der Waals surface area contributed by atoms with Crippen LogP contribution in [-0.4, -0.2) is 26.0 Å². The molecule has 152 valence electrons. The van der Waals surface area contributed by atoms with Crippen molar-refractivity contribution in [2.45, 2.75) is 5.60 Å². The van der Waals surface area contributed by atoms with Crippen molar-refractivity contribution < 1.29 is 36.2 Å². The van der Waals surface area contributed by atoms with E-state index >= 15 is 0 Å². The van der Waals surface area contributed by atoms with Crippen LogP contribution in [0, 0.1) is 0 Å². The molecule has 2 aliphatic heterocycles. The first-order chi connectivity index (χ1) is 14.3. The molecule has 1 N–H and O–H groups in total. The van der Waals surface area contributed by atoms with Gasteiger partial charge in [-0.2, -0.15) is 8.42 Å². The Bertz CT molecular complexity index is 1310. The molecule has 0 amide bonds. The van der Waals surface area contributed by atoms with Crippen LogP contribution < -0.4 is 13.7 Å². The molecule has 30 heavy (non-hydrogen) atoms. The van der Waals surface area contributed by atoms with Gasteiger partial charge in [0.25, 0.3) is 0 Å². The van der Waals surface area contributed by atoms with E-state index in [1.54, 1.807) is 48.5 Å². The van der Waals surface area contributed by atoms with Crippen LogP contribution >= 0.6 is 0 Å². The third kappa shape index (κ3) is 2.63. The maximum Gasteiger partial charge on any atom is 0.446 e. The van der Waals surface area contributed by atoms with Gasteiger partial charge in [0.05, 0.1) is 12.7 Å². The van der Waals surface area contributed by atoms with Gasteiger partial charge < -0.3 is 18.4 Å². The van der Waals surface area contributed by atoms with E-state index in [9.17, 15) is 13.2 Å². The minimum absolute atomic E-state index is 0.157. The predicted molar refractivity (Wildman–Crippen MR) is 103 cm³/mol. The van der Waals surface area contributed by atoms with Crippen molar-refractivity contribution in [3.05, 3.63) is 82.9 Å². The maximum atomic E-state index is 12.7. The molecule has 0 radical (unpaired) electrons. The van der Waals surface area contributed by atoms with Crippen LogP contribution in [0.25, 0.3) is 0 Å². The molecule has 0 bridgehead atoms. The fourth-order valence-corrected chi connectivity index (χ4v) is 4.28. The van der Waals surface area contributed by atoms with Crippen molar-refractivity contribution in [3.8, 4) is 23.0 Å². The van der Waals surface area contributed by atoms with Gasteiger partial charge in [-0.25, -0.2) is 4.79 Å². The Kier molecular flexibility index (Phi) is 3.83. The highest BCUT2D eigenvalue weighted by molar-refractivity contribution is 7.81. The third-order valence-electron chi connectivity index (χ3n) is 5.09. The lowest BCUT2D eigenvalue weighted by Gasteiger charge is -2.36. The largest absolute Gasteiger partial charge is 0.497 e. The Labute approximate surface area is 171 Å². The molecule has 0 aliphatic carbocycles. The van der Waals surface area contributed by atoms with Gasteiger partial charge in [0.2, 0.25) is 0 Å². The van der Waals surface area contributed by atoms with E-state index in [0.29, 0.717) is 33.8 Å². The summed E-state index contributed by atoms with van der Waals surface area (Å²) in [4.78, 5) is 12.7. The van der Waals surface area contributed by atoms with E-state index in [1.165, 1.54) is 19.2 Å². The molecule has 8 nitrogen and oxygen atoms in total. The van der Waals surface area contributed by atoms with E-state index in [2.05, 4.69) is 4.18 Å². The predicted octanol–water partition coefficient (Wildman–Crippen LogP) is 3.44. The van der Waals surface area contributed by atoms with Gasteiger partial charge in [-0.05, 0) is 30.3 Å². The average Bonchev–Trinajstić information content (AvgIpc) is 3.00. The van der Waals surface area contributed by atoms with Gasteiger partial charge in [0.15, 0.2) is 5.60 Å². The molecule has 9 heteroatoms. The van der Waals surface area contributed by atoms with Gasteiger partial charge in [0, 0.05) is 28.8 Å². The Morgan fingerprint density at radius 1 is 0.900 bits per heavy atom. The van der Waals surface area contributed by atoms with Gasteiger partial charge in [0.1, 0.15) is 23.0 Å². The Balaban J connectivity index is 1.79. The molecule has 3 aromatic carbocycles. The second-order valence-corrected chi connectivity index (χ2v) is 7.77. The monoisotopic (exact) mass is 426 g/mol. The summed E-state index contributed by atoms with van der Waals surface area (Å²) >= 11 is 0. The highest BCUT2D eigenvalue weighted by Crippen LogP contribution is 2.56. The highest BCUT2D eigenvalue weighted by Gasteiger charge is 2.53. The number of rotatable bonds is 3. The Morgan fingerprint density at radius 3 is 2.20 bits per heavy atom. The van der Waals surface area contributed by atoms with Crippen LogP contribution in [0.4, 0.5) is 0 Å². The standard InChI is InChI=1S/C21H14O8S/c1-26-12-6-8-16-18(10-12)27-19-11-13(29-30(23,24)25)7-9-17(19)21(16)15-5-3-2-4-14(15)20(22)28-21/h2-11H,1H3,(H,23,24,25). The summed E-state index contributed by atoms with van der Waals surface area (Å²) in [6.45, 7) is 0. The van der Waals surface area contributed by atoms with Gasteiger partial charge >= 0.3 is 16.4 Å². The van der Waals surface area contributed by atoms with Crippen molar-refractivity contribution in [1.82, 2.24) is 0 Å². The zero-order chi connectivity index (χ0) is 21.1. The van der Waals surface area contributed by atoms with E-state index in [1.807, 2.05) is 0 Å². The smallest absolute Gasteiger partial charge is 0.446 e. The number of methoxy groups -OCH3 is 1. The molecule has 0 saturated heterocycles. The summed E-state index contributed by atoms with van der Waals surface area (Å²) in [6.07, 6.45) is 0. The molecule has 1 atom stereocenters. The first-order valence-corrected chi connectivity index (χ1v) is 10.2. The lowest BCUT2D eigenvalue weighted by atomic mass is 9.77. The number of fused-ring (bicyclic) bond motifs is 6. The molecule has 5 rings (SSSR count). The quantitative estimate of drug-likeness (QED) is 0.501. The molecule has 0 fully saturated rings.